The highest BCUT2D eigenvalue weighted by molar-refractivity contribution is 5.73. The van der Waals surface area contributed by atoms with E-state index in [4.69, 9.17) is 14.6 Å². The van der Waals surface area contributed by atoms with Gasteiger partial charge in [0.05, 0.1) is 6.10 Å². The van der Waals surface area contributed by atoms with Crippen LogP contribution in [0.4, 0.5) is 0 Å². The lowest BCUT2D eigenvalue weighted by Crippen LogP contribution is -2.61. The van der Waals surface area contributed by atoms with Crippen LogP contribution in [0.15, 0.2) is 42.5 Å². The maximum Gasteiger partial charge on any atom is 0.335 e. The van der Waals surface area contributed by atoms with Gasteiger partial charge in [-0.2, -0.15) is 0 Å². The third-order valence-corrected chi connectivity index (χ3v) is 5.50. The summed E-state index contributed by atoms with van der Waals surface area (Å²) in [4.78, 5) is 11.2. The molecule has 0 spiro atoms. The van der Waals surface area contributed by atoms with Gasteiger partial charge in [0.1, 0.15) is 35.6 Å². The predicted molar refractivity (Wildman–Crippen MR) is 117 cm³/mol. The molecule has 2 aromatic rings. The van der Waals surface area contributed by atoms with Crippen LogP contribution in [-0.2, 0) is 16.0 Å². The number of aromatic hydroxyl groups is 2. The summed E-state index contributed by atoms with van der Waals surface area (Å²) in [6, 6.07) is 10.6. The number of rotatable bonds is 9. The van der Waals surface area contributed by atoms with Gasteiger partial charge >= 0.3 is 5.97 Å². The van der Waals surface area contributed by atoms with Crippen LogP contribution < -0.4 is 10.1 Å². The quantitative estimate of drug-likeness (QED) is 0.234. The monoisotopic (exact) mass is 479 g/mol. The minimum atomic E-state index is -1.79. The average molecular weight is 479 g/mol. The highest BCUT2D eigenvalue weighted by Crippen LogP contribution is 2.26. The summed E-state index contributed by atoms with van der Waals surface area (Å²) in [6.45, 7) is 2.11. The summed E-state index contributed by atoms with van der Waals surface area (Å²) in [5.41, 5.74) is 1.30. The normalized spacial score (nSPS) is 26.6. The lowest BCUT2D eigenvalue weighted by molar-refractivity contribution is -0.271. The van der Waals surface area contributed by atoms with Gasteiger partial charge in [-0.3, -0.25) is 0 Å². The lowest BCUT2D eigenvalue weighted by Gasteiger charge is -2.38. The van der Waals surface area contributed by atoms with Gasteiger partial charge in [-0.05, 0) is 48.7 Å². The Bertz CT molecular complexity index is 948. The van der Waals surface area contributed by atoms with Crippen LogP contribution in [0.5, 0.6) is 17.2 Å². The standard InChI is InChI=1S/C23H29NO10/c1-11(24-10-17(27)13-7-14(25)9-15(26)8-13)6-12-2-4-16(5-3-12)33-23-20(30)18(28)19(29)21(34-23)22(31)32/h2-5,7-9,11,17-21,23-30H,6,10H2,1H3,(H,31,32). The minimum Gasteiger partial charge on any atom is -0.508 e. The number of aliphatic hydroxyl groups excluding tert-OH is 4. The molecule has 0 amide bonds. The third-order valence-electron chi connectivity index (χ3n) is 5.50. The molecule has 7 unspecified atom stereocenters. The van der Waals surface area contributed by atoms with Gasteiger partial charge in [0.15, 0.2) is 6.10 Å². The molecule has 0 saturated carbocycles. The Morgan fingerprint density at radius 1 is 1.03 bits per heavy atom. The van der Waals surface area contributed by atoms with Crippen LogP contribution in [0.3, 0.4) is 0 Å². The van der Waals surface area contributed by atoms with Crippen LogP contribution in [0.2, 0.25) is 0 Å². The van der Waals surface area contributed by atoms with Gasteiger partial charge in [0, 0.05) is 18.7 Å². The number of carboxylic acids is 1. The Labute approximate surface area is 195 Å². The SMILES string of the molecule is CC(Cc1ccc(OC2OC(C(=O)O)C(O)C(O)C2O)cc1)NCC(O)c1cc(O)cc(O)c1. The van der Waals surface area contributed by atoms with Crippen LogP contribution in [0, 0.1) is 0 Å². The Morgan fingerprint density at radius 2 is 1.65 bits per heavy atom. The van der Waals surface area contributed by atoms with E-state index in [0.29, 0.717) is 12.0 Å². The molecule has 34 heavy (non-hydrogen) atoms. The van der Waals surface area contributed by atoms with Crippen molar-refractivity contribution in [3.63, 3.8) is 0 Å². The molecule has 1 saturated heterocycles. The maximum atomic E-state index is 11.2. The van der Waals surface area contributed by atoms with Crippen molar-refractivity contribution in [1.29, 1.82) is 0 Å². The van der Waals surface area contributed by atoms with Crippen LogP contribution in [0.1, 0.15) is 24.2 Å². The fourth-order valence-electron chi connectivity index (χ4n) is 3.65. The second-order valence-electron chi connectivity index (χ2n) is 8.31. The number of hydrogen-bond acceptors (Lipinski definition) is 10. The van der Waals surface area contributed by atoms with Crippen molar-refractivity contribution in [3.05, 3.63) is 53.6 Å². The number of benzene rings is 2. The maximum absolute atomic E-state index is 11.2. The molecule has 1 aliphatic rings. The number of aliphatic carboxylic acids is 1. The smallest absolute Gasteiger partial charge is 0.335 e. The van der Waals surface area contributed by atoms with E-state index >= 15 is 0 Å². The van der Waals surface area contributed by atoms with Crippen LogP contribution in [0.25, 0.3) is 0 Å². The molecule has 0 radical (unpaired) electrons. The first-order valence-corrected chi connectivity index (χ1v) is 10.7. The minimum absolute atomic E-state index is 0.0382. The molecule has 0 aromatic heterocycles. The second-order valence-corrected chi connectivity index (χ2v) is 8.31. The van der Waals surface area contributed by atoms with Gasteiger partial charge < -0.3 is 50.5 Å². The first-order chi connectivity index (χ1) is 16.0. The van der Waals surface area contributed by atoms with E-state index in [9.17, 15) is 35.4 Å². The summed E-state index contributed by atoms with van der Waals surface area (Å²) in [6.07, 6.45) is -8.74. The predicted octanol–water partition coefficient (Wildman–Crippen LogP) is -0.377. The number of phenols is 2. The average Bonchev–Trinajstić information content (AvgIpc) is 2.78. The molecular formula is C23H29NO10. The second kappa shape index (κ2) is 11.0. The van der Waals surface area contributed by atoms with Gasteiger partial charge in [0.25, 0.3) is 0 Å². The summed E-state index contributed by atoms with van der Waals surface area (Å²) >= 11 is 0. The molecule has 0 aliphatic carbocycles. The van der Waals surface area contributed by atoms with E-state index in [-0.39, 0.29) is 29.8 Å². The topological polar surface area (TPSA) is 189 Å². The number of carboxylic acid groups (broad SMARTS) is 1. The number of carbonyl (C=O) groups is 1. The summed E-state index contributed by atoms with van der Waals surface area (Å²) in [5, 5.41) is 71.3. The Morgan fingerprint density at radius 3 is 2.24 bits per heavy atom. The van der Waals surface area contributed by atoms with Crippen molar-refractivity contribution in [1.82, 2.24) is 5.32 Å². The van der Waals surface area contributed by atoms with E-state index in [0.717, 1.165) is 5.56 Å². The summed E-state index contributed by atoms with van der Waals surface area (Å²) < 4.78 is 10.6. The van der Waals surface area contributed by atoms with Gasteiger partial charge in [-0.1, -0.05) is 12.1 Å². The molecule has 8 N–H and O–H groups in total. The summed E-state index contributed by atoms with van der Waals surface area (Å²) in [5.74, 6) is -1.51. The van der Waals surface area contributed by atoms with Crippen molar-refractivity contribution in [2.75, 3.05) is 6.54 Å². The van der Waals surface area contributed by atoms with E-state index in [1.807, 2.05) is 6.92 Å². The largest absolute Gasteiger partial charge is 0.508 e. The molecule has 186 valence electrons. The molecular weight excluding hydrogens is 450 g/mol. The van der Waals surface area contributed by atoms with E-state index in [2.05, 4.69) is 5.32 Å². The van der Waals surface area contributed by atoms with E-state index in [1.165, 1.54) is 18.2 Å². The zero-order valence-corrected chi connectivity index (χ0v) is 18.4. The van der Waals surface area contributed by atoms with Crippen LogP contribution >= 0.6 is 0 Å². The number of ether oxygens (including phenoxy) is 2. The number of aliphatic hydroxyl groups is 4. The molecule has 2 aromatic carbocycles. The van der Waals surface area contributed by atoms with Crippen molar-refractivity contribution in [2.45, 2.75) is 56.2 Å². The molecule has 0 bridgehead atoms. The molecule has 1 fully saturated rings. The fourth-order valence-corrected chi connectivity index (χ4v) is 3.65. The lowest BCUT2D eigenvalue weighted by atomic mass is 9.99. The first-order valence-electron chi connectivity index (χ1n) is 10.7. The molecule has 11 nitrogen and oxygen atoms in total. The molecule has 11 heteroatoms. The van der Waals surface area contributed by atoms with Crippen LogP contribution in [-0.4, -0.2) is 85.0 Å². The number of hydrogen-bond donors (Lipinski definition) is 8. The fraction of sp³-hybridized carbons (Fsp3) is 0.435. The number of phenolic OH excluding ortho intramolecular Hbond substituents is 2. The van der Waals surface area contributed by atoms with Crippen molar-refractivity contribution < 1.29 is 50.0 Å². The molecule has 7 atom stereocenters. The van der Waals surface area contributed by atoms with E-state index < -0.39 is 42.8 Å². The zero-order valence-electron chi connectivity index (χ0n) is 18.4. The van der Waals surface area contributed by atoms with Crippen molar-refractivity contribution in [3.8, 4) is 17.2 Å². The van der Waals surface area contributed by atoms with Gasteiger partial charge in [-0.25, -0.2) is 4.79 Å². The Kier molecular flexibility index (Phi) is 8.31. The van der Waals surface area contributed by atoms with Gasteiger partial charge in [-0.15, -0.1) is 0 Å². The summed E-state index contributed by atoms with van der Waals surface area (Å²) in [7, 11) is 0. The van der Waals surface area contributed by atoms with E-state index in [1.54, 1.807) is 24.3 Å². The highest BCUT2D eigenvalue weighted by atomic mass is 16.7. The molecule has 3 rings (SSSR count). The molecule has 1 heterocycles. The first kappa shape index (κ1) is 25.7. The van der Waals surface area contributed by atoms with Crippen molar-refractivity contribution >= 4 is 5.97 Å². The third kappa shape index (κ3) is 6.35. The molecule has 1 aliphatic heterocycles. The zero-order chi connectivity index (χ0) is 25.0. The highest BCUT2D eigenvalue weighted by Gasteiger charge is 2.48. The van der Waals surface area contributed by atoms with Crippen molar-refractivity contribution in [2.24, 2.45) is 0 Å². The van der Waals surface area contributed by atoms with Gasteiger partial charge in [0.2, 0.25) is 6.29 Å². The number of nitrogens with one attached hydrogen (secondary N) is 1. The Hall–Kier alpha value is -2.93. The Balaban J connectivity index is 1.52.